The van der Waals surface area contributed by atoms with Crippen LogP contribution in [-0.4, -0.2) is 56.6 Å². The van der Waals surface area contributed by atoms with Gasteiger partial charge in [0.15, 0.2) is 11.6 Å². The standard InChI is InChI=1S/C24H31F2N3O5S/c1-16(23(31)27-24(2,3)4)28(14-17-7-10-19(34-5)11-8-17)22(30)15-29(35(6,32)33)18-9-12-20(25)21(26)13-18/h7-13,16H,14-15H2,1-6H3,(H,27,31). The Balaban J connectivity index is 2.42. The SMILES string of the molecule is COc1ccc(CN(C(=O)CN(c2ccc(F)c(F)c2)S(C)(=O)=O)C(C)C(=O)NC(C)(C)C)cc1. The summed E-state index contributed by atoms with van der Waals surface area (Å²) in [6.45, 7) is 6.19. The van der Waals surface area contributed by atoms with Crippen LogP contribution in [0.4, 0.5) is 14.5 Å². The van der Waals surface area contributed by atoms with E-state index in [2.05, 4.69) is 5.32 Å². The zero-order valence-corrected chi connectivity index (χ0v) is 21.4. The molecule has 1 N–H and O–H groups in total. The number of ether oxygens (including phenoxy) is 1. The van der Waals surface area contributed by atoms with Gasteiger partial charge in [0.25, 0.3) is 0 Å². The average Bonchev–Trinajstić information content (AvgIpc) is 2.75. The van der Waals surface area contributed by atoms with Crippen LogP contribution in [0.1, 0.15) is 33.3 Å². The van der Waals surface area contributed by atoms with E-state index in [0.29, 0.717) is 21.7 Å². The maximum atomic E-state index is 13.8. The molecule has 8 nitrogen and oxygen atoms in total. The highest BCUT2D eigenvalue weighted by molar-refractivity contribution is 7.92. The number of carbonyl (C=O) groups is 2. The molecule has 0 aromatic heterocycles. The summed E-state index contributed by atoms with van der Waals surface area (Å²) in [5, 5.41) is 2.81. The molecule has 0 heterocycles. The fraction of sp³-hybridized carbons (Fsp3) is 0.417. The van der Waals surface area contributed by atoms with Crippen LogP contribution in [0.2, 0.25) is 0 Å². The van der Waals surface area contributed by atoms with Crippen molar-refractivity contribution in [3.8, 4) is 5.75 Å². The number of sulfonamides is 1. The molecule has 2 rings (SSSR count). The molecule has 0 bridgehead atoms. The first kappa shape index (κ1) is 28.0. The summed E-state index contributed by atoms with van der Waals surface area (Å²) >= 11 is 0. The van der Waals surface area contributed by atoms with Crippen LogP contribution in [-0.2, 0) is 26.2 Å². The molecule has 0 aliphatic heterocycles. The number of nitrogens with zero attached hydrogens (tertiary/aromatic N) is 2. The molecule has 0 aliphatic carbocycles. The van der Waals surface area contributed by atoms with Crippen molar-refractivity contribution in [3.05, 3.63) is 59.7 Å². The van der Waals surface area contributed by atoms with Gasteiger partial charge < -0.3 is 15.0 Å². The van der Waals surface area contributed by atoms with Crippen molar-refractivity contribution < 1.29 is 31.5 Å². The van der Waals surface area contributed by atoms with Crippen LogP contribution in [0.15, 0.2) is 42.5 Å². The van der Waals surface area contributed by atoms with Gasteiger partial charge in [-0.1, -0.05) is 12.1 Å². The fourth-order valence-corrected chi connectivity index (χ4v) is 4.08. The van der Waals surface area contributed by atoms with Gasteiger partial charge in [-0.25, -0.2) is 17.2 Å². The van der Waals surface area contributed by atoms with Crippen molar-refractivity contribution in [1.82, 2.24) is 10.2 Å². The number of anilines is 1. The van der Waals surface area contributed by atoms with Crippen molar-refractivity contribution in [2.24, 2.45) is 0 Å². The molecular formula is C24H31F2N3O5S. The Kier molecular flexibility index (Phi) is 8.83. The maximum Gasteiger partial charge on any atom is 0.244 e. The zero-order chi connectivity index (χ0) is 26.6. The molecule has 0 spiro atoms. The predicted octanol–water partition coefficient (Wildman–Crippen LogP) is 3.07. The summed E-state index contributed by atoms with van der Waals surface area (Å²) in [6, 6.07) is 8.42. The van der Waals surface area contributed by atoms with Crippen LogP contribution in [0.5, 0.6) is 5.75 Å². The highest BCUT2D eigenvalue weighted by atomic mass is 32.2. The lowest BCUT2D eigenvalue weighted by Gasteiger charge is -2.33. The van der Waals surface area contributed by atoms with Crippen molar-refractivity contribution in [3.63, 3.8) is 0 Å². The second kappa shape index (κ2) is 11.0. The van der Waals surface area contributed by atoms with E-state index in [1.165, 1.54) is 18.9 Å². The van der Waals surface area contributed by atoms with Crippen LogP contribution in [0.3, 0.4) is 0 Å². The molecule has 1 atom stereocenters. The lowest BCUT2D eigenvalue weighted by atomic mass is 10.1. The molecule has 2 aromatic carbocycles. The van der Waals surface area contributed by atoms with Gasteiger partial charge in [0.1, 0.15) is 18.3 Å². The molecule has 2 amide bonds. The van der Waals surface area contributed by atoms with E-state index < -0.39 is 51.6 Å². The summed E-state index contributed by atoms with van der Waals surface area (Å²) < 4.78 is 57.9. The highest BCUT2D eigenvalue weighted by Gasteiger charge is 2.31. The number of methoxy groups -OCH3 is 1. The topological polar surface area (TPSA) is 96.0 Å². The predicted molar refractivity (Wildman–Crippen MR) is 129 cm³/mol. The van der Waals surface area contributed by atoms with E-state index in [-0.39, 0.29) is 12.2 Å². The quantitative estimate of drug-likeness (QED) is 0.558. The van der Waals surface area contributed by atoms with Gasteiger partial charge >= 0.3 is 0 Å². The second-order valence-corrected chi connectivity index (χ2v) is 11.1. The number of hydrogen-bond acceptors (Lipinski definition) is 5. The first-order valence-corrected chi connectivity index (χ1v) is 12.6. The lowest BCUT2D eigenvalue weighted by molar-refractivity contribution is -0.140. The monoisotopic (exact) mass is 511 g/mol. The van der Waals surface area contributed by atoms with Crippen LogP contribution in [0.25, 0.3) is 0 Å². The molecule has 0 saturated carbocycles. The van der Waals surface area contributed by atoms with Gasteiger partial charge in [-0.05, 0) is 57.5 Å². The first-order chi connectivity index (χ1) is 16.1. The van der Waals surface area contributed by atoms with Crippen molar-refractivity contribution in [1.29, 1.82) is 0 Å². The Morgan fingerprint density at radius 3 is 2.14 bits per heavy atom. The Labute approximate surface area is 204 Å². The molecule has 11 heteroatoms. The van der Waals surface area contributed by atoms with Crippen molar-refractivity contribution >= 4 is 27.5 Å². The number of halogens is 2. The number of carbonyl (C=O) groups excluding carboxylic acids is 2. The van der Waals surface area contributed by atoms with E-state index in [1.54, 1.807) is 45.0 Å². The average molecular weight is 512 g/mol. The Morgan fingerprint density at radius 2 is 1.66 bits per heavy atom. The highest BCUT2D eigenvalue weighted by Crippen LogP contribution is 2.22. The normalized spacial score (nSPS) is 12.6. The summed E-state index contributed by atoms with van der Waals surface area (Å²) in [4.78, 5) is 27.5. The third kappa shape index (κ3) is 7.91. The summed E-state index contributed by atoms with van der Waals surface area (Å²) in [5.41, 5.74) is -0.103. The summed E-state index contributed by atoms with van der Waals surface area (Å²) in [7, 11) is -2.54. The molecular weight excluding hydrogens is 480 g/mol. The minimum Gasteiger partial charge on any atom is -0.497 e. The lowest BCUT2D eigenvalue weighted by Crippen LogP contribution is -2.54. The number of nitrogens with one attached hydrogen (secondary N) is 1. The van der Waals surface area contributed by atoms with E-state index in [0.717, 1.165) is 18.4 Å². The van der Waals surface area contributed by atoms with Crippen molar-refractivity contribution in [2.75, 3.05) is 24.2 Å². The van der Waals surface area contributed by atoms with Gasteiger partial charge in [-0.3, -0.25) is 13.9 Å². The third-order valence-corrected chi connectivity index (χ3v) is 6.19. The van der Waals surface area contributed by atoms with E-state index >= 15 is 0 Å². The van der Waals surface area contributed by atoms with Crippen molar-refractivity contribution in [2.45, 2.75) is 45.8 Å². The fourth-order valence-electron chi connectivity index (χ4n) is 3.24. The Bertz CT molecular complexity index is 1160. The minimum atomic E-state index is -4.05. The molecule has 2 aromatic rings. The van der Waals surface area contributed by atoms with E-state index in [1.807, 2.05) is 0 Å². The number of benzene rings is 2. The molecule has 0 radical (unpaired) electrons. The van der Waals surface area contributed by atoms with Gasteiger partial charge in [0, 0.05) is 18.2 Å². The van der Waals surface area contributed by atoms with Crippen LogP contribution in [0, 0.1) is 11.6 Å². The number of hydrogen-bond donors (Lipinski definition) is 1. The Morgan fingerprint density at radius 1 is 1.06 bits per heavy atom. The number of amides is 2. The second-order valence-electron chi connectivity index (χ2n) is 9.15. The molecule has 0 fully saturated rings. The maximum absolute atomic E-state index is 13.8. The van der Waals surface area contributed by atoms with Crippen LogP contribution >= 0.6 is 0 Å². The summed E-state index contributed by atoms with van der Waals surface area (Å²) in [6.07, 6.45) is 0.852. The molecule has 0 saturated heterocycles. The molecule has 35 heavy (non-hydrogen) atoms. The smallest absolute Gasteiger partial charge is 0.244 e. The number of rotatable bonds is 9. The van der Waals surface area contributed by atoms with Gasteiger partial charge in [0.05, 0.1) is 19.1 Å². The first-order valence-electron chi connectivity index (χ1n) is 10.8. The van der Waals surface area contributed by atoms with Crippen LogP contribution < -0.4 is 14.4 Å². The zero-order valence-electron chi connectivity index (χ0n) is 20.6. The minimum absolute atomic E-state index is 0.00304. The van der Waals surface area contributed by atoms with E-state index in [4.69, 9.17) is 4.74 Å². The van der Waals surface area contributed by atoms with E-state index in [9.17, 15) is 26.8 Å². The largest absolute Gasteiger partial charge is 0.497 e. The van der Waals surface area contributed by atoms with Gasteiger partial charge in [-0.2, -0.15) is 0 Å². The van der Waals surface area contributed by atoms with Gasteiger partial charge in [0.2, 0.25) is 21.8 Å². The molecule has 192 valence electrons. The molecule has 0 aliphatic rings. The summed E-state index contributed by atoms with van der Waals surface area (Å²) in [5.74, 6) is -2.93. The van der Waals surface area contributed by atoms with Gasteiger partial charge in [-0.15, -0.1) is 0 Å². The Hall–Kier alpha value is -3.21. The third-order valence-electron chi connectivity index (χ3n) is 5.05. The molecule has 1 unspecified atom stereocenters.